The first-order chi connectivity index (χ1) is 12.3. The summed E-state index contributed by atoms with van der Waals surface area (Å²) in [5, 5.41) is 4.62. The molecule has 3 aromatic rings. The minimum atomic E-state index is -3.48. The van der Waals surface area contributed by atoms with Crippen molar-refractivity contribution in [1.82, 2.24) is 0 Å². The first kappa shape index (κ1) is 18.4. The number of carbonyl (C=O) groups excluding carboxylic acids is 1. The van der Waals surface area contributed by atoms with E-state index in [0.717, 1.165) is 34.1 Å². The summed E-state index contributed by atoms with van der Waals surface area (Å²) in [6, 6.07) is 17.1. The zero-order valence-electron chi connectivity index (χ0n) is 13.9. The fourth-order valence-corrected chi connectivity index (χ4v) is 3.81. The largest absolute Gasteiger partial charge is 0.323 e. The summed E-state index contributed by atoms with van der Waals surface area (Å²) in [7, 11) is -3.48. The van der Waals surface area contributed by atoms with Crippen molar-refractivity contribution < 1.29 is 17.6 Å². The van der Waals surface area contributed by atoms with Gasteiger partial charge in [0.1, 0.15) is 5.82 Å². The normalized spacial score (nSPS) is 11.5. The highest BCUT2D eigenvalue weighted by Crippen LogP contribution is 2.24. The summed E-state index contributed by atoms with van der Waals surface area (Å²) in [5.41, 5.74) is -0.142. The Hall–Kier alpha value is -2.38. The van der Waals surface area contributed by atoms with Gasteiger partial charge in [0.25, 0.3) is 0 Å². The van der Waals surface area contributed by atoms with E-state index in [1.165, 1.54) is 17.8 Å². The van der Waals surface area contributed by atoms with Gasteiger partial charge in [-0.05, 0) is 41.1 Å². The lowest BCUT2D eigenvalue weighted by atomic mass is 10.1. The number of sulfone groups is 1. The van der Waals surface area contributed by atoms with Gasteiger partial charge in [0, 0.05) is 11.2 Å². The molecule has 0 atom stereocenters. The SMILES string of the molecule is CS(=O)(=O)c1ccc(F)c(NC(=O)CSc2ccc3ccccc3c2)c1. The second kappa shape index (κ2) is 7.47. The van der Waals surface area contributed by atoms with E-state index in [1.54, 1.807) is 0 Å². The molecule has 3 aromatic carbocycles. The summed E-state index contributed by atoms with van der Waals surface area (Å²) in [4.78, 5) is 13.0. The topological polar surface area (TPSA) is 63.2 Å². The van der Waals surface area contributed by atoms with Gasteiger partial charge in [-0.25, -0.2) is 12.8 Å². The third kappa shape index (κ3) is 4.42. The van der Waals surface area contributed by atoms with E-state index in [1.807, 2.05) is 42.5 Å². The number of carbonyl (C=O) groups is 1. The maximum Gasteiger partial charge on any atom is 0.234 e. The maximum absolute atomic E-state index is 13.8. The molecular formula is C19H16FNO3S2. The molecule has 1 N–H and O–H groups in total. The Labute approximate surface area is 155 Å². The smallest absolute Gasteiger partial charge is 0.234 e. The number of rotatable bonds is 5. The Morgan fingerprint density at radius 1 is 1.04 bits per heavy atom. The molecule has 26 heavy (non-hydrogen) atoms. The van der Waals surface area contributed by atoms with Crippen molar-refractivity contribution in [3.63, 3.8) is 0 Å². The lowest BCUT2D eigenvalue weighted by Crippen LogP contribution is -2.15. The average molecular weight is 389 g/mol. The van der Waals surface area contributed by atoms with Gasteiger partial charge in [-0.3, -0.25) is 4.79 Å². The first-order valence-electron chi connectivity index (χ1n) is 7.74. The van der Waals surface area contributed by atoms with Gasteiger partial charge in [-0.2, -0.15) is 0 Å². The van der Waals surface area contributed by atoms with Crippen molar-refractivity contribution in [2.45, 2.75) is 9.79 Å². The quantitative estimate of drug-likeness (QED) is 0.527. The summed E-state index contributed by atoms with van der Waals surface area (Å²) in [6.45, 7) is 0. The van der Waals surface area contributed by atoms with Crippen LogP contribution in [0.2, 0.25) is 0 Å². The number of benzene rings is 3. The van der Waals surface area contributed by atoms with Crippen molar-refractivity contribution in [3.8, 4) is 0 Å². The van der Waals surface area contributed by atoms with Gasteiger partial charge in [-0.1, -0.05) is 30.3 Å². The van der Waals surface area contributed by atoms with Crippen LogP contribution in [-0.2, 0) is 14.6 Å². The summed E-state index contributed by atoms with van der Waals surface area (Å²) in [5.74, 6) is -1.00. The molecule has 4 nitrogen and oxygen atoms in total. The summed E-state index contributed by atoms with van der Waals surface area (Å²) >= 11 is 1.33. The molecule has 134 valence electrons. The van der Waals surface area contributed by atoms with Crippen LogP contribution in [-0.4, -0.2) is 26.3 Å². The molecule has 3 rings (SSSR count). The molecule has 0 aliphatic carbocycles. The molecule has 0 heterocycles. The number of amides is 1. The molecule has 0 bridgehead atoms. The number of nitrogens with one attached hydrogen (secondary N) is 1. The van der Waals surface area contributed by atoms with Crippen molar-refractivity contribution >= 4 is 44.0 Å². The second-order valence-electron chi connectivity index (χ2n) is 5.76. The highest BCUT2D eigenvalue weighted by atomic mass is 32.2. The molecule has 7 heteroatoms. The van der Waals surface area contributed by atoms with Crippen LogP contribution in [0.1, 0.15) is 0 Å². The number of fused-ring (bicyclic) bond motifs is 1. The zero-order valence-corrected chi connectivity index (χ0v) is 15.5. The molecule has 1 amide bonds. The molecule has 0 spiro atoms. The lowest BCUT2D eigenvalue weighted by molar-refractivity contribution is -0.113. The molecule has 0 aliphatic heterocycles. The van der Waals surface area contributed by atoms with Crippen LogP contribution in [0.4, 0.5) is 10.1 Å². The molecule has 0 aliphatic rings. The van der Waals surface area contributed by atoms with Gasteiger partial charge in [-0.15, -0.1) is 11.8 Å². The Morgan fingerprint density at radius 3 is 2.50 bits per heavy atom. The maximum atomic E-state index is 13.8. The monoisotopic (exact) mass is 389 g/mol. The molecule has 0 radical (unpaired) electrons. The summed E-state index contributed by atoms with van der Waals surface area (Å²) in [6.07, 6.45) is 1.03. The third-order valence-corrected chi connectivity index (χ3v) is 5.83. The van der Waals surface area contributed by atoms with E-state index in [9.17, 15) is 17.6 Å². The highest BCUT2D eigenvalue weighted by Gasteiger charge is 2.13. The van der Waals surface area contributed by atoms with Gasteiger partial charge < -0.3 is 5.32 Å². The van der Waals surface area contributed by atoms with Gasteiger partial charge in [0.15, 0.2) is 9.84 Å². The number of hydrogen-bond acceptors (Lipinski definition) is 4. The van der Waals surface area contributed by atoms with E-state index in [0.29, 0.717) is 0 Å². The molecule has 0 saturated carbocycles. The van der Waals surface area contributed by atoms with Crippen LogP contribution in [0.3, 0.4) is 0 Å². The lowest BCUT2D eigenvalue weighted by Gasteiger charge is -2.08. The number of anilines is 1. The van der Waals surface area contributed by atoms with E-state index >= 15 is 0 Å². The van der Waals surface area contributed by atoms with Crippen molar-refractivity contribution in [1.29, 1.82) is 0 Å². The number of halogens is 1. The van der Waals surface area contributed by atoms with Crippen molar-refractivity contribution in [2.75, 3.05) is 17.3 Å². The fourth-order valence-electron chi connectivity index (χ4n) is 2.42. The molecule has 0 fully saturated rings. The van der Waals surface area contributed by atoms with Gasteiger partial charge >= 0.3 is 0 Å². The van der Waals surface area contributed by atoms with Crippen molar-refractivity contribution in [3.05, 3.63) is 66.5 Å². The van der Waals surface area contributed by atoms with Crippen LogP contribution in [0.25, 0.3) is 10.8 Å². The summed E-state index contributed by atoms with van der Waals surface area (Å²) < 4.78 is 37.0. The van der Waals surface area contributed by atoms with E-state index in [2.05, 4.69) is 5.32 Å². The average Bonchev–Trinajstić information content (AvgIpc) is 2.60. The molecule has 0 saturated heterocycles. The van der Waals surface area contributed by atoms with Crippen LogP contribution in [0, 0.1) is 5.82 Å². The standard InChI is InChI=1S/C19H16FNO3S2/c1-26(23,24)16-8-9-17(20)18(11-16)21-19(22)12-25-15-7-6-13-4-2-3-5-14(13)10-15/h2-11H,12H2,1H3,(H,21,22). The molecule has 0 aromatic heterocycles. The number of thioether (sulfide) groups is 1. The molecule has 0 unspecified atom stereocenters. The van der Waals surface area contributed by atoms with E-state index < -0.39 is 21.6 Å². The van der Waals surface area contributed by atoms with E-state index in [4.69, 9.17) is 0 Å². The van der Waals surface area contributed by atoms with E-state index in [-0.39, 0.29) is 16.3 Å². The Balaban J connectivity index is 1.69. The van der Waals surface area contributed by atoms with Crippen LogP contribution in [0.5, 0.6) is 0 Å². The first-order valence-corrected chi connectivity index (χ1v) is 10.6. The highest BCUT2D eigenvalue weighted by molar-refractivity contribution is 8.00. The van der Waals surface area contributed by atoms with Crippen LogP contribution >= 0.6 is 11.8 Å². The molecular weight excluding hydrogens is 373 g/mol. The minimum absolute atomic E-state index is 0.0450. The fraction of sp³-hybridized carbons (Fsp3) is 0.105. The van der Waals surface area contributed by atoms with Gasteiger partial charge in [0.2, 0.25) is 5.91 Å². The zero-order chi connectivity index (χ0) is 18.7. The van der Waals surface area contributed by atoms with Crippen molar-refractivity contribution in [2.24, 2.45) is 0 Å². The predicted molar refractivity (Wildman–Crippen MR) is 103 cm³/mol. The number of hydrogen-bond donors (Lipinski definition) is 1. The van der Waals surface area contributed by atoms with Crippen LogP contribution < -0.4 is 5.32 Å². The second-order valence-corrected chi connectivity index (χ2v) is 8.82. The Bertz CT molecular complexity index is 1080. The minimum Gasteiger partial charge on any atom is -0.323 e. The van der Waals surface area contributed by atoms with Crippen LogP contribution in [0.15, 0.2) is 70.5 Å². The van der Waals surface area contributed by atoms with Gasteiger partial charge in [0.05, 0.1) is 16.3 Å². The Morgan fingerprint density at radius 2 is 1.77 bits per heavy atom. The third-order valence-electron chi connectivity index (χ3n) is 3.73. The predicted octanol–water partition coefficient (Wildman–Crippen LogP) is 4.11. The Kier molecular flexibility index (Phi) is 5.29.